The van der Waals surface area contributed by atoms with Crippen LogP contribution in [-0.4, -0.2) is 31.0 Å². The van der Waals surface area contributed by atoms with Crippen LogP contribution >= 0.6 is 23.1 Å². The Hall–Kier alpha value is -2.91. The average Bonchev–Trinajstić information content (AvgIpc) is 3.39. The second kappa shape index (κ2) is 8.91. The maximum absolute atomic E-state index is 13.2. The number of aromatic nitrogens is 4. The number of thioether (sulfide) groups is 1. The number of hydrogen-bond donors (Lipinski definition) is 1. The first-order valence-electron chi connectivity index (χ1n) is 10.3. The largest absolute Gasteiger partial charge is 0.310 e. The van der Waals surface area contributed by atoms with Crippen LogP contribution in [0.1, 0.15) is 31.0 Å². The number of hydrogen-bond acceptors (Lipinski definition) is 6. The van der Waals surface area contributed by atoms with Gasteiger partial charge in [0.05, 0.1) is 17.3 Å². The molecule has 0 spiro atoms. The van der Waals surface area contributed by atoms with E-state index in [-0.39, 0.29) is 23.3 Å². The van der Waals surface area contributed by atoms with Gasteiger partial charge in [0.25, 0.3) is 5.56 Å². The third-order valence-electron chi connectivity index (χ3n) is 5.35. The lowest BCUT2D eigenvalue weighted by molar-refractivity contribution is -0.113. The number of nitrogens with one attached hydrogen (secondary N) is 1. The molecule has 9 heteroatoms. The molecular formula is C23H25N5O2S2. The van der Waals surface area contributed by atoms with E-state index in [0.717, 1.165) is 11.1 Å². The van der Waals surface area contributed by atoms with Gasteiger partial charge >= 0.3 is 0 Å². The first-order valence-corrected chi connectivity index (χ1v) is 12.1. The third kappa shape index (κ3) is 4.22. The zero-order valence-corrected chi connectivity index (χ0v) is 20.3. The summed E-state index contributed by atoms with van der Waals surface area (Å²) in [7, 11) is 1.70. The molecule has 4 aromatic rings. The fourth-order valence-electron chi connectivity index (χ4n) is 3.44. The summed E-state index contributed by atoms with van der Waals surface area (Å²) in [4.78, 5) is 31.0. The van der Waals surface area contributed by atoms with Crippen LogP contribution in [0, 0.1) is 13.8 Å². The Morgan fingerprint density at radius 2 is 2.00 bits per heavy atom. The molecule has 0 saturated heterocycles. The minimum absolute atomic E-state index is 0.106. The van der Waals surface area contributed by atoms with Crippen molar-refractivity contribution in [3.63, 3.8) is 0 Å². The molecule has 0 aliphatic heterocycles. The molecule has 1 N–H and O–H groups in total. The summed E-state index contributed by atoms with van der Waals surface area (Å²) < 4.78 is 3.28. The molecule has 32 heavy (non-hydrogen) atoms. The minimum Gasteiger partial charge on any atom is -0.310 e. The van der Waals surface area contributed by atoms with E-state index in [1.165, 1.54) is 38.8 Å². The van der Waals surface area contributed by atoms with Gasteiger partial charge in [0.15, 0.2) is 5.16 Å². The molecule has 1 aromatic carbocycles. The number of carbonyl (C=O) groups is 1. The zero-order valence-electron chi connectivity index (χ0n) is 18.7. The van der Waals surface area contributed by atoms with Gasteiger partial charge in [-0.3, -0.25) is 14.2 Å². The van der Waals surface area contributed by atoms with E-state index in [4.69, 9.17) is 0 Å². The summed E-state index contributed by atoms with van der Waals surface area (Å²) in [6.45, 7) is 8.14. The van der Waals surface area contributed by atoms with Gasteiger partial charge in [-0.2, -0.15) is 5.10 Å². The minimum atomic E-state index is -0.172. The molecule has 0 radical (unpaired) electrons. The van der Waals surface area contributed by atoms with E-state index in [2.05, 4.69) is 41.4 Å². The lowest BCUT2D eigenvalue weighted by Crippen LogP contribution is -2.22. The predicted molar refractivity (Wildman–Crippen MR) is 132 cm³/mol. The van der Waals surface area contributed by atoms with Gasteiger partial charge in [-0.1, -0.05) is 30.0 Å². The van der Waals surface area contributed by atoms with E-state index in [9.17, 15) is 9.59 Å². The molecule has 3 aromatic heterocycles. The number of carbonyl (C=O) groups excluding carboxylic acids is 1. The molecular weight excluding hydrogens is 442 g/mol. The summed E-state index contributed by atoms with van der Waals surface area (Å²) in [5, 5.41) is 10.2. The molecule has 0 unspecified atom stereocenters. The SMILES string of the molecule is Cc1ccc(-c2csc3nc(SCC(=O)Nc4ccnn4C(C)C)n(C)c(=O)c23)cc1C. The zero-order chi connectivity index (χ0) is 23.0. The van der Waals surface area contributed by atoms with Crippen LogP contribution in [0.4, 0.5) is 5.82 Å². The monoisotopic (exact) mass is 467 g/mol. The molecule has 0 saturated carbocycles. The maximum atomic E-state index is 13.2. The number of aryl methyl sites for hydroxylation is 2. The van der Waals surface area contributed by atoms with Crippen LogP contribution in [0.2, 0.25) is 0 Å². The predicted octanol–water partition coefficient (Wildman–Crippen LogP) is 4.79. The van der Waals surface area contributed by atoms with Crippen molar-refractivity contribution in [1.29, 1.82) is 0 Å². The van der Waals surface area contributed by atoms with Crippen LogP contribution in [0.15, 0.2) is 45.8 Å². The molecule has 4 rings (SSSR count). The van der Waals surface area contributed by atoms with Crippen molar-refractivity contribution in [2.24, 2.45) is 7.05 Å². The fraction of sp³-hybridized carbons (Fsp3) is 0.304. The standard InChI is InChI=1S/C23H25N5O2S2/c1-13(2)28-18(8-9-24-28)25-19(29)12-32-23-26-21-20(22(30)27(23)5)17(11-31-21)16-7-6-14(3)15(4)10-16/h6-11,13H,12H2,1-5H3,(H,25,29). The number of thiophene rings is 1. The average molecular weight is 468 g/mol. The van der Waals surface area contributed by atoms with Gasteiger partial charge in [0.2, 0.25) is 5.91 Å². The van der Waals surface area contributed by atoms with Gasteiger partial charge in [0, 0.05) is 30.1 Å². The second-order valence-corrected chi connectivity index (χ2v) is 9.78. The number of rotatable bonds is 6. The van der Waals surface area contributed by atoms with Crippen LogP contribution in [-0.2, 0) is 11.8 Å². The van der Waals surface area contributed by atoms with Crippen molar-refractivity contribution in [3.8, 4) is 11.1 Å². The third-order valence-corrected chi connectivity index (χ3v) is 7.25. The van der Waals surface area contributed by atoms with Crippen molar-refractivity contribution in [2.75, 3.05) is 11.1 Å². The Balaban J connectivity index is 1.57. The highest BCUT2D eigenvalue weighted by Gasteiger charge is 2.17. The Kier molecular flexibility index (Phi) is 6.21. The molecule has 0 fully saturated rings. The lowest BCUT2D eigenvalue weighted by atomic mass is 10.0. The van der Waals surface area contributed by atoms with Crippen molar-refractivity contribution < 1.29 is 4.79 Å². The second-order valence-electron chi connectivity index (χ2n) is 7.98. The van der Waals surface area contributed by atoms with E-state index in [1.54, 1.807) is 24.0 Å². The number of benzene rings is 1. The summed E-state index contributed by atoms with van der Waals surface area (Å²) in [5.74, 6) is 0.623. The van der Waals surface area contributed by atoms with Crippen LogP contribution in [0.25, 0.3) is 21.3 Å². The number of anilines is 1. The van der Waals surface area contributed by atoms with Crippen molar-refractivity contribution >= 4 is 45.0 Å². The maximum Gasteiger partial charge on any atom is 0.263 e. The van der Waals surface area contributed by atoms with Gasteiger partial charge in [-0.25, -0.2) is 9.67 Å². The summed E-state index contributed by atoms with van der Waals surface area (Å²) in [6.07, 6.45) is 1.66. The smallest absolute Gasteiger partial charge is 0.263 e. The highest BCUT2D eigenvalue weighted by molar-refractivity contribution is 7.99. The highest BCUT2D eigenvalue weighted by atomic mass is 32.2. The Labute approximate surface area is 194 Å². The summed E-state index contributed by atoms with van der Waals surface area (Å²) >= 11 is 2.70. The molecule has 0 aliphatic rings. The first kappa shape index (κ1) is 22.3. The van der Waals surface area contributed by atoms with E-state index in [0.29, 0.717) is 21.2 Å². The number of fused-ring (bicyclic) bond motifs is 1. The van der Waals surface area contributed by atoms with Crippen LogP contribution < -0.4 is 10.9 Å². The molecule has 0 aliphatic carbocycles. The molecule has 3 heterocycles. The Morgan fingerprint density at radius 1 is 1.22 bits per heavy atom. The topological polar surface area (TPSA) is 81.8 Å². The molecule has 166 valence electrons. The number of nitrogens with zero attached hydrogens (tertiary/aromatic N) is 4. The Bertz CT molecular complexity index is 1370. The van der Waals surface area contributed by atoms with Gasteiger partial charge in [-0.15, -0.1) is 11.3 Å². The van der Waals surface area contributed by atoms with Crippen LogP contribution in [0.5, 0.6) is 0 Å². The fourth-order valence-corrected chi connectivity index (χ4v) is 5.20. The molecule has 7 nitrogen and oxygen atoms in total. The van der Waals surface area contributed by atoms with E-state index >= 15 is 0 Å². The van der Waals surface area contributed by atoms with Gasteiger partial charge in [0.1, 0.15) is 10.6 Å². The Morgan fingerprint density at radius 3 is 2.72 bits per heavy atom. The van der Waals surface area contributed by atoms with Crippen molar-refractivity contribution in [3.05, 3.63) is 57.3 Å². The highest BCUT2D eigenvalue weighted by Crippen LogP contribution is 2.33. The van der Waals surface area contributed by atoms with Crippen molar-refractivity contribution in [1.82, 2.24) is 19.3 Å². The van der Waals surface area contributed by atoms with Gasteiger partial charge < -0.3 is 5.32 Å². The summed E-state index contributed by atoms with van der Waals surface area (Å²) in [6, 6.07) is 8.12. The van der Waals surface area contributed by atoms with Crippen LogP contribution in [0.3, 0.4) is 0 Å². The van der Waals surface area contributed by atoms with E-state index < -0.39 is 0 Å². The molecule has 0 atom stereocenters. The molecule has 0 bridgehead atoms. The van der Waals surface area contributed by atoms with Crippen molar-refractivity contribution in [2.45, 2.75) is 38.9 Å². The van der Waals surface area contributed by atoms with Gasteiger partial charge in [-0.05, 0) is 44.4 Å². The molecule has 1 amide bonds. The number of amides is 1. The first-order chi connectivity index (χ1) is 15.3. The summed E-state index contributed by atoms with van der Waals surface area (Å²) in [5.41, 5.74) is 4.21. The quantitative estimate of drug-likeness (QED) is 0.326. The normalized spacial score (nSPS) is 11.4. The van der Waals surface area contributed by atoms with E-state index in [1.807, 2.05) is 25.3 Å². The lowest BCUT2D eigenvalue weighted by Gasteiger charge is -2.12.